The van der Waals surface area contributed by atoms with Crippen LogP contribution in [0.5, 0.6) is 0 Å². The molecule has 1 rings (SSSR count). The minimum atomic E-state index is 0.0432. The second-order valence-corrected chi connectivity index (χ2v) is 7.84. The molecule has 0 aliphatic carbocycles. The third-order valence-corrected chi connectivity index (χ3v) is 4.70. The number of carbonyl (C=O) groups excluding carboxylic acids is 1. The zero-order valence-electron chi connectivity index (χ0n) is 18.4. The molecule has 0 aliphatic rings. The van der Waals surface area contributed by atoms with Crippen LogP contribution in [0.1, 0.15) is 76.2 Å². The summed E-state index contributed by atoms with van der Waals surface area (Å²) in [5.41, 5.74) is 1.85. The van der Waals surface area contributed by atoms with Crippen LogP contribution in [0.25, 0.3) is 12.2 Å². The molecule has 0 unspecified atom stereocenters. The van der Waals surface area contributed by atoms with Crippen molar-refractivity contribution in [1.29, 1.82) is 0 Å². The van der Waals surface area contributed by atoms with E-state index in [2.05, 4.69) is 69.1 Å². The third kappa shape index (κ3) is 8.30. The molecule has 0 bridgehead atoms. The van der Waals surface area contributed by atoms with Crippen molar-refractivity contribution in [2.75, 3.05) is 26.2 Å². The fraction of sp³-hybridized carbons (Fsp3) is 0.625. The summed E-state index contributed by atoms with van der Waals surface area (Å²) in [6, 6.07) is 4.23. The standard InChI is InChI=1S/C24H40N2O/c1-7-10-21-18-23(20(6)17-22(21)12-11-19(4)5)24(27)25-13-16-26(14-8-2)15-9-3/h10,12,17-19H,7-9,11,13-16H2,1-6H3,(H,25,27)/b21-10-,22-12+. The first-order valence-electron chi connectivity index (χ1n) is 10.7. The van der Waals surface area contributed by atoms with Gasteiger partial charge in [0.15, 0.2) is 0 Å². The van der Waals surface area contributed by atoms with Crippen LogP contribution in [0.15, 0.2) is 12.1 Å². The molecule has 0 saturated carbocycles. The summed E-state index contributed by atoms with van der Waals surface area (Å²) in [6.45, 7) is 16.9. The summed E-state index contributed by atoms with van der Waals surface area (Å²) in [5.74, 6) is 0.679. The number of hydrogen-bond donors (Lipinski definition) is 1. The van der Waals surface area contributed by atoms with E-state index >= 15 is 0 Å². The van der Waals surface area contributed by atoms with Crippen LogP contribution in [-0.2, 0) is 0 Å². The van der Waals surface area contributed by atoms with Gasteiger partial charge in [-0.2, -0.15) is 0 Å². The summed E-state index contributed by atoms with van der Waals surface area (Å²) >= 11 is 0. The Morgan fingerprint density at radius 2 is 1.67 bits per heavy atom. The van der Waals surface area contributed by atoms with Gasteiger partial charge < -0.3 is 10.2 Å². The fourth-order valence-corrected chi connectivity index (χ4v) is 3.32. The van der Waals surface area contributed by atoms with Crippen molar-refractivity contribution in [3.05, 3.63) is 33.7 Å². The molecule has 1 aromatic rings. The highest BCUT2D eigenvalue weighted by Crippen LogP contribution is 2.04. The molecule has 152 valence electrons. The molecule has 0 fully saturated rings. The van der Waals surface area contributed by atoms with Crippen molar-refractivity contribution in [2.24, 2.45) is 5.92 Å². The summed E-state index contributed by atoms with van der Waals surface area (Å²) in [5, 5.41) is 5.54. The Kier molecular flexibility index (Phi) is 11.0. The SMILES string of the molecule is CC/C=c1/cc(C(=O)NCCN(CCC)CCC)c(C)c/c1=C\CC(C)C. The molecule has 0 saturated heterocycles. The highest BCUT2D eigenvalue weighted by atomic mass is 16.1. The summed E-state index contributed by atoms with van der Waals surface area (Å²) in [4.78, 5) is 15.2. The second kappa shape index (κ2) is 12.7. The van der Waals surface area contributed by atoms with Gasteiger partial charge >= 0.3 is 0 Å². The minimum absolute atomic E-state index is 0.0432. The molecule has 1 amide bonds. The number of benzene rings is 1. The van der Waals surface area contributed by atoms with Gasteiger partial charge in [0.2, 0.25) is 0 Å². The van der Waals surface area contributed by atoms with E-state index in [4.69, 9.17) is 0 Å². The van der Waals surface area contributed by atoms with Crippen LogP contribution in [0.2, 0.25) is 0 Å². The Morgan fingerprint density at radius 1 is 1.04 bits per heavy atom. The molecule has 0 radical (unpaired) electrons. The first-order valence-corrected chi connectivity index (χ1v) is 10.7. The van der Waals surface area contributed by atoms with Crippen molar-refractivity contribution < 1.29 is 4.79 Å². The number of carbonyl (C=O) groups is 1. The van der Waals surface area contributed by atoms with Crippen LogP contribution >= 0.6 is 0 Å². The van der Waals surface area contributed by atoms with Crippen LogP contribution < -0.4 is 15.8 Å². The van der Waals surface area contributed by atoms with E-state index in [0.717, 1.165) is 56.4 Å². The average molecular weight is 373 g/mol. The molecule has 1 aromatic carbocycles. The summed E-state index contributed by atoms with van der Waals surface area (Å²) < 4.78 is 0. The number of rotatable bonds is 11. The number of amides is 1. The Hall–Kier alpha value is -1.61. The lowest BCUT2D eigenvalue weighted by Crippen LogP contribution is -2.37. The monoisotopic (exact) mass is 372 g/mol. The smallest absolute Gasteiger partial charge is 0.251 e. The quantitative estimate of drug-likeness (QED) is 0.640. The van der Waals surface area contributed by atoms with Crippen LogP contribution in [0.3, 0.4) is 0 Å². The van der Waals surface area contributed by atoms with Gasteiger partial charge in [-0.15, -0.1) is 0 Å². The molecule has 0 aromatic heterocycles. The molecule has 3 nitrogen and oxygen atoms in total. The number of hydrogen-bond acceptors (Lipinski definition) is 2. The van der Waals surface area contributed by atoms with Crippen LogP contribution in [-0.4, -0.2) is 37.0 Å². The topological polar surface area (TPSA) is 32.3 Å². The van der Waals surface area contributed by atoms with Crippen molar-refractivity contribution in [3.63, 3.8) is 0 Å². The van der Waals surface area contributed by atoms with Crippen LogP contribution in [0, 0.1) is 12.8 Å². The fourth-order valence-electron chi connectivity index (χ4n) is 3.32. The van der Waals surface area contributed by atoms with E-state index in [-0.39, 0.29) is 5.91 Å². The zero-order valence-corrected chi connectivity index (χ0v) is 18.4. The minimum Gasteiger partial charge on any atom is -0.351 e. The highest BCUT2D eigenvalue weighted by molar-refractivity contribution is 5.95. The van der Waals surface area contributed by atoms with E-state index in [1.165, 1.54) is 10.4 Å². The number of nitrogens with zero attached hydrogens (tertiary/aromatic N) is 1. The molecule has 0 atom stereocenters. The predicted octanol–water partition coefficient (Wildman–Crippen LogP) is 3.86. The Balaban J connectivity index is 2.92. The summed E-state index contributed by atoms with van der Waals surface area (Å²) in [7, 11) is 0. The Labute approximate surface area is 166 Å². The number of aryl methyl sites for hydroxylation is 1. The van der Waals surface area contributed by atoms with Crippen LogP contribution in [0.4, 0.5) is 0 Å². The van der Waals surface area contributed by atoms with E-state index < -0.39 is 0 Å². The maximum absolute atomic E-state index is 12.7. The van der Waals surface area contributed by atoms with Crippen molar-refractivity contribution in [1.82, 2.24) is 10.2 Å². The third-order valence-electron chi connectivity index (χ3n) is 4.70. The Bertz CT molecular complexity index is 685. The molecular weight excluding hydrogens is 332 g/mol. The lowest BCUT2D eigenvalue weighted by molar-refractivity contribution is 0.0947. The molecule has 0 heterocycles. The molecule has 0 spiro atoms. The van der Waals surface area contributed by atoms with Crippen molar-refractivity contribution >= 4 is 18.1 Å². The Morgan fingerprint density at radius 3 is 2.22 bits per heavy atom. The molecule has 0 aliphatic heterocycles. The van der Waals surface area contributed by atoms with Gasteiger partial charge in [-0.25, -0.2) is 0 Å². The number of nitrogens with one attached hydrogen (secondary N) is 1. The van der Waals surface area contributed by atoms with Gasteiger partial charge in [0.05, 0.1) is 0 Å². The zero-order chi connectivity index (χ0) is 20.2. The van der Waals surface area contributed by atoms with E-state index in [1.54, 1.807) is 0 Å². The van der Waals surface area contributed by atoms with Gasteiger partial charge in [0, 0.05) is 18.7 Å². The van der Waals surface area contributed by atoms with Gasteiger partial charge in [0.25, 0.3) is 5.91 Å². The maximum atomic E-state index is 12.7. The van der Waals surface area contributed by atoms with E-state index in [9.17, 15) is 4.79 Å². The molecule has 3 heteroatoms. The van der Waals surface area contributed by atoms with Gasteiger partial charge in [0.1, 0.15) is 0 Å². The van der Waals surface area contributed by atoms with Crippen molar-refractivity contribution in [3.8, 4) is 0 Å². The molecule has 27 heavy (non-hydrogen) atoms. The maximum Gasteiger partial charge on any atom is 0.251 e. The lowest BCUT2D eigenvalue weighted by atomic mass is 10.0. The highest BCUT2D eigenvalue weighted by Gasteiger charge is 2.10. The average Bonchev–Trinajstić information content (AvgIpc) is 2.61. The first-order chi connectivity index (χ1) is 12.9. The molecular formula is C24H40N2O. The van der Waals surface area contributed by atoms with E-state index in [1.807, 2.05) is 6.92 Å². The van der Waals surface area contributed by atoms with Gasteiger partial charge in [-0.05, 0) is 73.7 Å². The van der Waals surface area contributed by atoms with Gasteiger partial charge in [-0.3, -0.25) is 4.79 Å². The normalized spacial score (nSPS) is 13.0. The lowest BCUT2D eigenvalue weighted by Gasteiger charge is -2.21. The molecule has 1 N–H and O–H groups in total. The van der Waals surface area contributed by atoms with Gasteiger partial charge in [-0.1, -0.05) is 52.8 Å². The van der Waals surface area contributed by atoms with Crippen molar-refractivity contribution in [2.45, 2.75) is 67.2 Å². The first kappa shape index (κ1) is 23.4. The second-order valence-electron chi connectivity index (χ2n) is 7.84. The van der Waals surface area contributed by atoms with E-state index in [0.29, 0.717) is 12.5 Å². The summed E-state index contributed by atoms with van der Waals surface area (Å²) in [6.07, 6.45) is 8.84. The predicted molar refractivity (Wildman–Crippen MR) is 118 cm³/mol. The largest absolute Gasteiger partial charge is 0.351 e.